The van der Waals surface area contributed by atoms with Crippen molar-refractivity contribution in [3.63, 3.8) is 0 Å². The number of hydrogen-bond acceptors (Lipinski definition) is 2. The van der Waals surface area contributed by atoms with E-state index in [4.69, 9.17) is 0 Å². The van der Waals surface area contributed by atoms with Gasteiger partial charge in [-0.25, -0.2) is 0 Å². The van der Waals surface area contributed by atoms with E-state index in [1.165, 1.54) is 12.8 Å². The molecule has 2 nitrogen and oxygen atoms in total. The molecule has 15 heavy (non-hydrogen) atoms. The normalized spacial score (nSPS) is 28.6. The molecule has 0 amide bonds. The molecular formula is C10H17F3N2. The van der Waals surface area contributed by atoms with Gasteiger partial charge in [-0.2, -0.15) is 13.2 Å². The predicted molar refractivity (Wildman–Crippen MR) is 51.7 cm³/mol. The Morgan fingerprint density at radius 3 is 2.47 bits per heavy atom. The molecule has 0 bridgehead atoms. The van der Waals surface area contributed by atoms with Crippen LogP contribution in [0.5, 0.6) is 0 Å². The summed E-state index contributed by atoms with van der Waals surface area (Å²) in [5.74, 6) is 0. The van der Waals surface area contributed by atoms with Crippen LogP contribution in [0.25, 0.3) is 0 Å². The van der Waals surface area contributed by atoms with Crippen molar-refractivity contribution in [2.75, 3.05) is 19.6 Å². The second kappa shape index (κ2) is 4.29. The van der Waals surface area contributed by atoms with Crippen molar-refractivity contribution in [2.45, 2.75) is 43.9 Å². The number of nitrogens with one attached hydrogen (secondary N) is 1. The maximum Gasteiger partial charge on any atom is 0.390 e. The molecule has 0 radical (unpaired) electrons. The molecule has 0 aromatic rings. The average molecular weight is 222 g/mol. The lowest BCUT2D eigenvalue weighted by atomic mass is 10.2. The van der Waals surface area contributed by atoms with Crippen molar-refractivity contribution in [3.8, 4) is 0 Å². The van der Waals surface area contributed by atoms with Gasteiger partial charge in [0.05, 0.1) is 6.42 Å². The monoisotopic (exact) mass is 222 g/mol. The third-order valence-electron chi connectivity index (χ3n) is 3.03. The Bertz CT molecular complexity index is 213. The van der Waals surface area contributed by atoms with E-state index in [0.717, 1.165) is 19.5 Å². The van der Waals surface area contributed by atoms with Crippen LogP contribution in [-0.4, -0.2) is 42.8 Å². The first-order valence-electron chi connectivity index (χ1n) is 5.58. The zero-order valence-electron chi connectivity index (χ0n) is 8.69. The van der Waals surface area contributed by atoms with Crippen LogP contribution in [0.3, 0.4) is 0 Å². The Morgan fingerprint density at radius 2 is 1.87 bits per heavy atom. The smallest absolute Gasteiger partial charge is 0.310 e. The average Bonchev–Trinajstić information content (AvgIpc) is 2.79. The Kier molecular flexibility index (Phi) is 3.21. The first-order chi connectivity index (χ1) is 7.03. The van der Waals surface area contributed by atoms with Crippen LogP contribution in [0, 0.1) is 0 Å². The molecule has 1 atom stereocenters. The number of likely N-dealkylation sites (tertiary alicyclic amines) is 1. The van der Waals surface area contributed by atoms with Crippen LogP contribution >= 0.6 is 0 Å². The molecule has 1 saturated heterocycles. The van der Waals surface area contributed by atoms with Gasteiger partial charge in [0.2, 0.25) is 0 Å². The molecule has 2 rings (SSSR count). The van der Waals surface area contributed by atoms with Crippen LogP contribution in [0.1, 0.15) is 25.7 Å². The first kappa shape index (κ1) is 11.2. The van der Waals surface area contributed by atoms with Gasteiger partial charge in [-0.3, -0.25) is 0 Å². The third kappa shape index (κ3) is 3.99. The number of hydrogen-bond donors (Lipinski definition) is 1. The molecule has 1 aliphatic carbocycles. The molecule has 1 saturated carbocycles. The molecule has 2 aliphatic rings. The van der Waals surface area contributed by atoms with Gasteiger partial charge in [-0.1, -0.05) is 0 Å². The fourth-order valence-corrected chi connectivity index (χ4v) is 2.04. The summed E-state index contributed by atoms with van der Waals surface area (Å²) in [7, 11) is 0. The van der Waals surface area contributed by atoms with E-state index < -0.39 is 12.6 Å². The van der Waals surface area contributed by atoms with Crippen LogP contribution in [0.15, 0.2) is 0 Å². The summed E-state index contributed by atoms with van der Waals surface area (Å²) >= 11 is 0. The Balaban J connectivity index is 1.63. The van der Waals surface area contributed by atoms with Crippen LogP contribution in [-0.2, 0) is 0 Å². The van der Waals surface area contributed by atoms with Crippen molar-refractivity contribution >= 4 is 0 Å². The zero-order chi connectivity index (χ0) is 10.9. The molecule has 0 spiro atoms. The maximum atomic E-state index is 12.0. The summed E-state index contributed by atoms with van der Waals surface area (Å²) in [5, 5.41) is 3.46. The number of alkyl halides is 3. The van der Waals surface area contributed by atoms with Crippen LogP contribution < -0.4 is 5.32 Å². The van der Waals surface area contributed by atoms with E-state index >= 15 is 0 Å². The summed E-state index contributed by atoms with van der Waals surface area (Å²) in [6.07, 6.45) is -1.22. The minimum Gasteiger partial charge on any atom is -0.310 e. The van der Waals surface area contributed by atoms with Gasteiger partial charge in [-0.05, 0) is 25.8 Å². The second-order valence-corrected chi connectivity index (χ2v) is 4.59. The molecule has 88 valence electrons. The minimum absolute atomic E-state index is 0.159. The Labute approximate surface area is 87.8 Å². The Hall–Kier alpha value is -0.290. The van der Waals surface area contributed by atoms with Gasteiger partial charge in [-0.15, -0.1) is 0 Å². The van der Waals surface area contributed by atoms with Crippen molar-refractivity contribution in [3.05, 3.63) is 0 Å². The van der Waals surface area contributed by atoms with Crippen molar-refractivity contribution in [1.29, 1.82) is 0 Å². The highest BCUT2D eigenvalue weighted by Crippen LogP contribution is 2.24. The summed E-state index contributed by atoms with van der Waals surface area (Å²) < 4.78 is 36.0. The van der Waals surface area contributed by atoms with E-state index in [2.05, 4.69) is 5.32 Å². The third-order valence-corrected chi connectivity index (χ3v) is 3.03. The quantitative estimate of drug-likeness (QED) is 0.779. The largest absolute Gasteiger partial charge is 0.390 e. The van der Waals surface area contributed by atoms with Gasteiger partial charge in [0, 0.05) is 25.2 Å². The van der Waals surface area contributed by atoms with E-state index in [0.29, 0.717) is 12.1 Å². The van der Waals surface area contributed by atoms with Crippen molar-refractivity contribution in [1.82, 2.24) is 10.2 Å². The Morgan fingerprint density at radius 1 is 1.13 bits per heavy atom. The second-order valence-electron chi connectivity index (χ2n) is 4.59. The SMILES string of the molecule is FC(F)(F)CCN1CCC(NC2CC2)C1. The standard InChI is InChI=1S/C10H17F3N2/c11-10(12,13)4-6-15-5-3-9(7-15)14-8-1-2-8/h8-9,14H,1-7H2. The van der Waals surface area contributed by atoms with Crippen LogP contribution in [0.4, 0.5) is 13.2 Å². The summed E-state index contributed by atoms with van der Waals surface area (Å²) in [6, 6.07) is 1.07. The van der Waals surface area contributed by atoms with E-state index in [1.54, 1.807) is 0 Å². The van der Waals surface area contributed by atoms with Gasteiger partial charge in [0.15, 0.2) is 0 Å². The highest BCUT2D eigenvalue weighted by Gasteiger charge is 2.32. The minimum atomic E-state index is -4.01. The fraction of sp³-hybridized carbons (Fsp3) is 1.00. The number of halogens is 3. The highest BCUT2D eigenvalue weighted by molar-refractivity contribution is 4.89. The van der Waals surface area contributed by atoms with Crippen molar-refractivity contribution < 1.29 is 13.2 Å². The molecule has 1 unspecified atom stereocenters. The molecule has 2 fully saturated rings. The number of nitrogens with zero attached hydrogens (tertiary/aromatic N) is 1. The van der Waals surface area contributed by atoms with Gasteiger partial charge in [0.1, 0.15) is 0 Å². The lowest BCUT2D eigenvalue weighted by Gasteiger charge is -2.17. The van der Waals surface area contributed by atoms with Gasteiger partial charge in [0.25, 0.3) is 0 Å². The zero-order valence-corrected chi connectivity index (χ0v) is 8.69. The molecule has 1 heterocycles. The van der Waals surface area contributed by atoms with Gasteiger partial charge < -0.3 is 10.2 Å². The molecule has 0 aromatic heterocycles. The van der Waals surface area contributed by atoms with E-state index in [9.17, 15) is 13.2 Å². The van der Waals surface area contributed by atoms with Gasteiger partial charge >= 0.3 is 6.18 Å². The van der Waals surface area contributed by atoms with Crippen LogP contribution in [0.2, 0.25) is 0 Å². The topological polar surface area (TPSA) is 15.3 Å². The summed E-state index contributed by atoms with van der Waals surface area (Å²) in [4.78, 5) is 1.91. The van der Waals surface area contributed by atoms with Crippen molar-refractivity contribution in [2.24, 2.45) is 0 Å². The molecule has 5 heteroatoms. The molecular weight excluding hydrogens is 205 g/mol. The maximum absolute atomic E-state index is 12.0. The first-order valence-corrected chi connectivity index (χ1v) is 5.58. The number of rotatable bonds is 4. The van der Waals surface area contributed by atoms with E-state index in [-0.39, 0.29) is 6.54 Å². The fourth-order valence-electron chi connectivity index (χ4n) is 2.04. The molecule has 1 N–H and O–H groups in total. The summed E-state index contributed by atoms with van der Waals surface area (Å²) in [6.45, 7) is 1.75. The summed E-state index contributed by atoms with van der Waals surface area (Å²) in [5.41, 5.74) is 0. The lowest BCUT2D eigenvalue weighted by Crippen LogP contribution is -2.34. The predicted octanol–water partition coefficient (Wildman–Crippen LogP) is 1.77. The molecule has 0 aromatic carbocycles. The lowest BCUT2D eigenvalue weighted by molar-refractivity contribution is -0.137. The molecule has 1 aliphatic heterocycles. The highest BCUT2D eigenvalue weighted by atomic mass is 19.4. The van der Waals surface area contributed by atoms with E-state index in [1.807, 2.05) is 4.90 Å².